The first-order valence-corrected chi connectivity index (χ1v) is 7.30. The Kier molecular flexibility index (Phi) is 4.92. The molecule has 0 radical (unpaired) electrons. The first kappa shape index (κ1) is 14.7. The molecule has 0 aliphatic rings. The second-order valence-electron chi connectivity index (χ2n) is 4.79. The Morgan fingerprint density at radius 1 is 1.55 bits per heavy atom. The average Bonchev–Trinajstić information content (AvgIpc) is 3.08. The smallest absolute Gasteiger partial charge is 0.323 e. The van der Waals surface area contributed by atoms with Gasteiger partial charge in [0.15, 0.2) is 5.76 Å². The van der Waals surface area contributed by atoms with Crippen molar-refractivity contribution in [3.63, 3.8) is 0 Å². The van der Waals surface area contributed by atoms with Gasteiger partial charge in [0, 0.05) is 12.6 Å². The lowest BCUT2D eigenvalue weighted by atomic mass is 10.0. The topological polar surface area (TPSA) is 64.4 Å². The SMILES string of the molecule is COC(=O)C(NCc1cc(-c2cccs2)on1)C(C)C. The summed E-state index contributed by atoms with van der Waals surface area (Å²) in [6, 6.07) is 5.48. The van der Waals surface area contributed by atoms with Crippen LogP contribution in [0.2, 0.25) is 0 Å². The second kappa shape index (κ2) is 6.67. The van der Waals surface area contributed by atoms with Crippen LogP contribution in [0, 0.1) is 5.92 Å². The molecule has 1 N–H and O–H groups in total. The van der Waals surface area contributed by atoms with Crippen molar-refractivity contribution in [2.75, 3.05) is 7.11 Å². The normalized spacial score (nSPS) is 12.6. The van der Waals surface area contributed by atoms with Crippen molar-refractivity contribution in [3.05, 3.63) is 29.3 Å². The van der Waals surface area contributed by atoms with Crippen LogP contribution in [0.5, 0.6) is 0 Å². The van der Waals surface area contributed by atoms with E-state index in [1.54, 1.807) is 11.3 Å². The van der Waals surface area contributed by atoms with E-state index in [9.17, 15) is 4.79 Å². The quantitative estimate of drug-likeness (QED) is 0.830. The van der Waals surface area contributed by atoms with E-state index in [0.29, 0.717) is 6.54 Å². The molecule has 2 rings (SSSR count). The van der Waals surface area contributed by atoms with Crippen molar-refractivity contribution in [2.24, 2.45) is 5.92 Å². The van der Waals surface area contributed by atoms with Crippen LogP contribution in [0.25, 0.3) is 10.6 Å². The van der Waals surface area contributed by atoms with E-state index in [2.05, 4.69) is 10.5 Å². The molecular weight excluding hydrogens is 276 g/mol. The van der Waals surface area contributed by atoms with Crippen LogP contribution in [0.3, 0.4) is 0 Å². The summed E-state index contributed by atoms with van der Waals surface area (Å²) in [5.41, 5.74) is 0.767. The highest BCUT2D eigenvalue weighted by atomic mass is 32.1. The van der Waals surface area contributed by atoms with Crippen LogP contribution in [0.4, 0.5) is 0 Å². The van der Waals surface area contributed by atoms with E-state index in [1.807, 2.05) is 37.4 Å². The number of carbonyl (C=O) groups excluding carboxylic acids is 1. The zero-order valence-corrected chi connectivity index (χ0v) is 12.6. The minimum absolute atomic E-state index is 0.145. The number of hydrogen-bond donors (Lipinski definition) is 1. The molecule has 0 spiro atoms. The number of nitrogens with one attached hydrogen (secondary N) is 1. The molecule has 2 aromatic heterocycles. The van der Waals surface area contributed by atoms with Gasteiger partial charge in [0.05, 0.1) is 17.7 Å². The summed E-state index contributed by atoms with van der Waals surface area (Å²) in [4.78, 5) is 12.7. The van der Waals surface area contributed by atoms with E-state index in [-0.39, 0.29) is 17.9 Å². The van der Waals surface area contributed by atoms with Crippen molar-refractivity contribution < 1.29 is 14.1 Å². The van der Waals surface area contributed by atoms with E-state index < -0.39 is 0 Å². The Bertz CT molecular complexity index is 549. The molecule has 108 valence electrons. The average molecular weight is 294 g/mol. The maximum atomic E-state index is 11.6. The molecule has 5 nitrogen and oxygen atoms in total. The lowest BCUT2D eigenvalue weighted by Gasteiger charge is -2.18. The molecule has 0 aromatic carbocycles. The van der Waals surface area contributed by atoms with Crippen LogP contribution in [0.15, 0.2) is 28.1 Å². The number of thiophene rings is 1. The maximum Gasteiger partial charge on any atom is 0.323 e. The number of aromatic nitrogens is 1. The first-order chi connectivity index (χ1) is 9.61. The minimum Gasteiger partial charge on any atom is -0.468 e. The van der Waals surface area contributed by atoms with Gasteiger partial charge in [0.2, 0.25) is 0 Å². The second-order valence-corrected chi connectivity index (χ2v) is 5.73. The van der Waals surface area contributed by atoms with E-state index in [4.69, 9.17) is 9.26 Å². The molecule has 0 bridgehead atoms. The lowest BCUT2D eigenvalue weighted by molar-refractivity contribution is -0.144. The number of esters is 1. The largest absolute Gasteiger partial charge is 0.468 e. The molecule has 0 aliphatic carbocycles. The zero-order chi connectivity index (χ0) is 14.5. The van der Waals surface area contributed by atoms with Gasteiger partial charge in [-0.05, 0) is 17.4 Å². The van der Waals surface area contributed by atoms with E-state index >= 15 is 0 Å². The Labute approximate surface area is 121 Å². The van der Waals surface area contributed by atoms with Gasteiger partial charge >= 0.3 is 5.97 Å². The molecule has 0 saturated carbocycles. The Morgan fingerprint density at radius 2 is 2.35 bits per heavy atom. The third-order valence-corrected chi connectivity index (χ3v) is 3.83. The standard InChI is InChI=1S/C14H18N2O3S/c1-9(2)13(14(17)18-3)15-8-10-7-11(19-16-10)12-5-4-6-20-12/h4-7,9,13,15H,8H2,1-3H3. The van der Waals surface area contributed by atoms with Gasteiger partial charge in [0.25, 0.3) is 0 Å². The molecule has 0 fully saturated rings. The summed E-state index contributed by atoms with van der Waals surface area (Å²) in [5.74, 6) is 0.629. The minimum atomic E-state index is -0.345. The molecule has 2 aromatic rings. The van der Waals surface area contributed by atoms with Crippen molar-refractivity contribution in [2.45, 2.75) is 26.4 Å². The third kappa shape index (κ3) is 3.46. The summed E-state index contributed by atoms with van der Waals surface area (Å²) < 4.78 is 10.1. The highest BCUT2D eigenvalue weighted by Gasteiger charge is 2.22. The number of carbonyl (C=O) groups is 1. The van der Waals surface area contributed by atoms with Crippen molar-refractivity contribution in [1.82, 2.24) is 10.5 Å². The number of nitrogens with zero attached hydrogens (tertiary/aromatic N) is 1. The molecular formula is C14H18N2O3S. The molecule has 2 heterocycles. The molecule has 1 atom stereocenters. The summed E-state index contributed by atoms with van der Waals surface area (Å²) >= 11 is 1.60. The summed E-state index contributed by atoms with van der Waals surface area (Å²) in [6.45, 7) is 4.40. The molecule has 0 amide bonds. The van der Waals surface area contributed by atoms with Gasteiger partial charge < -0.3 is 9.26 Å². The van der Waals surface area contributed by atoms with Crippen molar-refractivity contribution in [3.8, 4) is 10.6 Å². The Hall–Kier alpha value is -1.66. The van der Waals surface area contributed by atoms with E-state index in [1.165, 1.54) is 7.11 Å². The predicted octanol–water partition coefficient (Wildman–Crippen LogP) is 2.69. The van der Waals surface area contributed by atoms with Crippen molar-refractivity contribution >= 4 is 17.3 Å². The van der Waals surface area contributed by atoms with Gasteiger partial charge in [-0.3, -0.25) is 10.1 Å². The molecule has 20 heavy (non-hydrogen) atoms. The number of ether oxygens (including phenoxy) is 1. The molecule has 0 saturated heterocycles. The maximum absolute atomic E-state index is 11.6. The number of hydrogen-bond acceptors (Lipinski definition) is 6. The molecule has 0 aliphatic heterocycles. The fourth-order valence-electron chi connectivity index (χ4n) is 1.86. The Balaban J connectivity index is 1.98. The monoisotopic (exact) mass is 294 g/mol. The number of rotatable bonds is 6. The Morgan fingerprint density at radius 3 is 2.95 bits per heavy atom. The third-order valence-electron chi connectivity index (χ3n) is 2.95. The van der Waals surface area contributed by atoms with Gasteiger partial charge in [-0.1, -0.05) is 25.1 Å². The highest BCUT2D eigenvalue weighted by Crippen LogP contribution is 2.25. The first-order valence-electron chi connectivity index (χ1n) is 6.42. The summed E-state index contributed by atoms with van der Waals surface area (Å²) in [5, 5.41) is 9.14. The summed E-state index contributed by atoms with van der Waals surface area (Å²) in [7, 11) is 1.39. The van der Waals surface area contributed by atoms with Gasteiger partial charge in [-0.2, -0.15) is 0 Å². The van der Waals surface area contributed by atoms with Gasteiger partial charge in [-0.25, -0.2) is 0 Å². The van der Waals surface area contributed by atoms with Gasteiger partial charge in [0.1, 0.15) is 6.04 Å². The summed E-state index contributed by atoms with van der Waals surface area (Å²) in [6.07, 6.45) is 0. The predicted molar refractivity (Wildman–Crippen MR) is 77.3 cm³/mol. The van der Waals surface area contributed by atoms with Gasteiger partial charge in [-0.15, -0.1) is 11.3 Å². The fraction of sp³-hybridized carbons (Fsp3) is 0.429. The van der Waals surface area contributed by atoms with Crippen LogP contribution < -0.4 is 5.32 Å². The molecule has 1 unspecified atom stereocenters. The van der Waals surface area contributed by atoms with Crippen molar-refractivity contribution in [1.29, 1.82) is 0 Å². The van der Waals surface area contributed by atoms with E-state index in [0.717, 1.165) is 16.3 Å². The number of methoxy groups -OCH3 is 1. The van der Waals surface area contributed by atoms with Crippen LogP contribution >= 0.6 is 11.3 Å². The highest BCUT2D eigenvalue weighted by molar-refractivity contribution is 7.13. The molecule has 6 heteroatoms. The van der Waals surface area contributed by atoms with Crippen LogP contribution in [-0.2, 0) is 16.1 Å². The van der Waals surface area contributed by atoms with Crippen LogP contribution in [0.1, 0.15) is 19.5 Å². The fourth-order valence-corrected chi connectivity index (χ4v) is 2.54. The zero-order valence-electron chi connectivity index (χ0n) is 11.8. The van der Waals surface area contributed by atoms with Crippen LogP contribution in [-0.4, -0.2) is 24.3 Å². The lowest BCUT2D eigenvalue weighted by Crippen LogP contribution is -2.41.